The van der Waals surface area contributed by atoms with E-state index < -0.39 is 4.92 Å². The van der Waals surface area contributed by atoms with E-state index in [9.17, 15) is 14.9 Å². The maximum Gasteiger partial charge on any atom is 0.280 e. The van der Waals surface area contributed by atoms with Crippen molar-refractivity contribution in [1.29, 1.82) is 0 Å². The zero-order valence-electron chi connectivity index (χ0n) is 16.1. The molecule has 148 valence electrons. The first-order valence-electron chi connectivity index (χ1n) is 9.29. The van der Waals surface area contributed by atoms with Gasteiger partial charge in [-0.15, -0.1) is 0 Å². The number of nitrogens with zero attached hydrogens (tertiary/aromatic N) is 3. The first-order chi connectivity index (χ1) is 14.5. The molecule has 0 amide bonds. The van der Waals surface area contributed by atoms with E-state index >= 15 is 0 Å². The minimum atomic E-state index is -0.476. The maximum atomic E-state index is 13.2. The number of rotatable bonds is 5. The molecule has 0 aliphatic rings. The Morgan fingerprint density at radius 1 is 0.967 bits per heavy atom. The lowest BCUT2D eigenvalue weighted by Crippen LogP contribution is -2.17. The lowest BCUT2D eigenvalue weighted by Gasteiger charge is -2.02. The molecule has 0 saturated carbocycles. The third-order valence-corrected chi connectivity index (χ3v) is 4.68. The molecule has 3 aromatic carbocycles. The minimum Gasteiger partial charge on any atom is -0.290 e. The second kappa shape index (κ2) is 8.00. The summed E-state index contributed by atoms with van der Waals surface area (Å²) >= 11 is 0. The van der Waals surface area contributed by atoms with Crippen molar-refractivity contribution in [3.05, 3.63) is 110 Å². The number of hydrogen-bond donors (Lipinski definition) is 1. The van der Waals surface area contributed by atoms with Crippen LogP contribution in [0.2, 0.25) is 0 Å². The van der Waals surface area contributed by atoms with Gasteiger partial charge in [-0.05, 0) is 31.2 Å². The number of non-ortho nitro benzene ring substituents is 1. The molecule has 4 aromatic rings. The van der Waals surface area contributed by atoms with E-state index in [2.05, 4.69) is 10.1 Å². The van der Waals surface area contributed by atoms with Crippen LogP contribution >= 0.6 is 0 Å². The van der Waals surface area contributed by atoms with E-state index in [1.54, 1.807) is 6.21 Å². The lowest BCUT2D eigenvalue weighted by atomic mass is 10.1. The van der Waals surface area contributed by atoms with Crippen LogP contribution in [0.1, 0.15) is 11.1 Å². The highest BCUT2D eigenvalue weighted by Crippen LogP contribution is 2.21. The molecule has 4 rings (SSSR count). The summed E-state index contributed by atoms with van der Waals surface area (Å²) in [7, 11) is 0. The van der Waals surface area contributed by atoms with Gasteiger partial charge in [0.1, 0.15) is 0 Å². The van der Waals surface area contributed by atoms with Gasteiger partial charge in [0.25, 0.3) is 11.2 Å². The van der Waals surface area contributed by atoms with Gasteiger partial charge in [0, 0.05) is 23.9 Å². The van der Waals surface area contributed by atoms with Crippen LogP contribution in [-0.4, -0.2) is 20.9 Å². The van der Waals surface area contributed by atoms with Crippen molar-refractivity contribution in [3.63, 3.8) is 0 Å². The van der Waals surface area contributed by atoms with Crippen LogP contribution in [0.3, 0.4) is 0 Å². The third-order valence-electron chi connectivity index (χ3n) is 4.68. The van der Waals surface area contributed by atoms with Crippen molar-refractivity contribution < 1.29 is 4.92 Å². The number of aliphatic imine (C=N–C) groups is 1. The number of aromatic amines is 1. The van der Waals surface area contributed by atoms with E-state index in [4.69, 9.17) is 0 Å². The molecule has 7 nitrogen and oxygen atoms in total. The Bertz CT molecular complexity index is 1270. The summed E-state index contributed by atoms with van der Waals surface area (Å²) in [5.74, 6) is 0. The third kappa shape index (κ3) is 3.81. The Balaban J connectivity index is 1.82. The molecule has 1 heterocycles. The van der Waals surface area contributed by atoms with Crippen LogP contribution in [0.15, 0.2) is 88.6 Å². The van der Waals surface area contributed by atoms with E-state index in [1.807, 2.05) is 61.5 Å². The summed E-state index contributed by atoms with van der Waals surface area (Å²) in [6.45, 7) is 2.00. The summed E-state index contributed by atoms with van der Waals surface area (Å²) in [5.41, 5.74) is 3.89. The SMILES string of the molecule is Cc1ccc(N=Cc2c(-c3ccccc3)[nH]n(-c3ccc([N+](=O)[O-])cc3)c2=O)cc1. The smallest absolute Gasteiger partial charge is 0.280 e. The predicted molar refractivity (Wildman–Crippen MR) is 117 cm³/mol. The first-order valence-corrected chi connectivity index (χ1v) is 9.29. The second-order valence-corrected chi connectivity index (χ2v) is 6.77. The average molecular weight is 398 g/mol. The molecule has 0 spiro atoms. The van der Waals surface area contributed by atoms with Crippen LogP contribution in [0, 0.1) is 17.0 Å². The summed E-state index contributed by atoms with van der Waals surface area (Å²) in [6, 6.07) is 22.9. The van der Waals surface area contributed by atoms with E-state index in [0.29, 0.717) is 16.9 Å². The lowest BCUT2D eigenvalue weighted by molar-refractivity contribution is -0.384. The molecule has 0 aliphatic carbocycles. The number of H-pyrrole nitrogens is 1. The van der Waals surface area contributed by atoms with Crippen molar-refractivity contribution in [2.75, 3.05) is 0 Å². The van der Waals surface area contributed by atoms with Crippen LogP contribution < -0.4 is 5.56 Å². The van der Waals surface area contributed by atoms with E-state index in [-0.39, 0.29) is 11.2 Å². The molecular weight excluding hydrogens is 380 g/mol. The molecule has 7 heteroatoms. The normalized spacial score (nSPS) is 11.1. The van der Waals surface area contributed by atoms with Gasteiger partial charge in [0.05, 0.1) is 27.6 Å². The Labute approximate surface area is 172 Å². The monoisotopic (exact) mass is 398 g/mol. The van der Waals surface area contributed by atoms with E-state index in [1.165, 1.54) is 28.9 Å². The minimum absolute atomic E-state index is 0.0391. The summed E-state index contributed by atoms with van der Waals surface area (Å²) < 4.78 is 1.36. The number of nitro groups is 1. The Morgan fingerprint density at radius 2 is 1.63 bits per heavy atom. The molecular formula is C23H18N4O3. The Morgan fingerprint density at radius 3 is 2.27 bits per heavy atom. The predicted octanol–water partition coefficient (Wildman–Crippen LogP) is 4.80. The first kappa shape index (κ1) is 19.1. The van der Waals surface area contributed by atoms with Gasteiger partial charge < -0.3 is 0 Å². The van der Waals surface area contributed by atoms with Gasteiger partial charge in [0.2, 0.25) is 0 Å². The largest absolute Gasteiger partial charge is 0.290 e. The molecule has 0 radical (unpaired) electrons. The summed E-state index contributed by atoms with van der Waals surface area (Å²) in [6.07, 6.45) is 1.55. The fraction of sp³-hybridized carbons (Fsp3) is 0.0435. The van der Waals surface area contributed by atoms with Gasteiger partial charge in [-0.1, -0.05) is 48.0 Å². The molecule has 0 atom stereocenters. The van der Waals surface area contributed by atoms with Crippen molar-refractivity contribution in [2.45, 2.75) is 6.92 Å². The quantitative estimate of drug-likeness (QED) is 0.297. The average Bonchev–Trinajstić information content (AvgIpc) is 3.10. The van der Waals surface area contributed by atoms with Crippen molar-refractivity contribution in [1.82, 2.24) is 9.78 Å². The number of aromatic nitrogens is 2. The van der Waals surface area contributed by atoms with Gasteiger partial charge in [0.15, 0.2) is 0 Å². The number of hydrogen-bond acceptors (Lipinski definition) is 4. The topological polar surface area (TPSA) is 93.3 Å². The molecule has 0 unspecified atom stereocenters. The highest BCUT2D eigenvalue weighted by molar-refractivity contribution is 5.90. The van der Waals surface area contributed by atoms with Gasteiger partial charge in [-0.25, -0.2) is 4.68 Å². The zero-order chi connectivity index (χ0) is 21.1. The fourth-order valence-electron chi connectivity index (χ4n) is 3.07. The molecule has 0 saturated heterocycles. The highest BCUT2D eigenvalue weighted by Gasteiger charge is 2.16. The van der Waals surface area contributed by atoms with E-state index in [0.717, 1.165) is 16.8 Å². The van der Waals surface area contributed by atoms with Crippen molar-refractivity contribution in [3.8, 4) is 16.9 Å². The number of nitrogens with one attached hydrogen (secondary N) is 1. The molecule has 0 bridgehead atoms. The van der Waals surface area contributed by atoms with Gasteiger partial charge in [-0.2, -0.15) is 0 Å². The Kier molecular flexibility index (Phi) is 5.09. The number of aryl methyl sites for hydroxylation is 1. The number of nitro benzene ring substituents is 1. The molecule has 1 aromatic heterocycles. The fourth-order valence-corrected chi connectivity index (χ4v) is 3.07. The van der Waals surface area contributed by atoms with Crippen LogP contribution in [0.25, 0.3) is 16.9 Å². The second-order valence-electron chi connectivity index (χ2n) is 6.77. The standard InChI is InChI=1S/C23H18N4O3/c1-16-7-9-18(10-8-16)24-15-21-22(17-5-3-2-4-6-17)25-26(23(21)28)19-11-13-20(14-12-19)27(29)30/h2-15,25H,1H3. The number of benzene rings is 3. The molecule has 0 fully saturated rings. The molecule has 1 N–H and O–H groups in total. The summed E-state index contributed by atoms with van der Waals surface area (Å²) in [4.78, 5) is 28.1. The van der Waals surface area contributed by atoms with Crippen molar-refractivity contribution in [2.24, 2.45) is 4.99 Å². The summed E-state index contributed by atoms with van der Waals surface area (Å²) in [5, 5.41) is 14.0. The van der Waals surface area contributed by atoms with Gasteiger partial charge in [-0.3, -0.25) is 25.0 Å². The maximum absolute atomic E-state index is 13.2. The van der Waals surface area contributed by atoms with Crippen LogP contribution in [0.5, 0.6) is 0 Å². The van der Waals surface area contributed by atoms with Crippen LogP contribution in [0.4, 0.5) is 11.4 Å². The Hall–Kier alpha value is -4.26. The zero-order valence-corrected chi connectivity index (χ0v) is 16.1. The molecule has 30 heavy (non-hydrogen) atoms. The highest BCUT2D eigenvalue weighted by atomic mass is 16.6. The van der Waals surface area contributed by atoms with Crippen molar-refractivity contribution >= 4 is 17.6 Å². The van der Waals surface area contributed by atoms with Gasteiger partial charge >= 0.3 is 0 Å². The van der Waals surface area contributed by atoms with Crippen LogP contribution in [-0.2, 0) is 0 Å². The molecule has 0 aliphatic heterocycles.